The standard InChI is InChI=1S/C8H14ClNO6/c1-3(12)10-7-6(14)5(13)4(2-11)16-8(7,9)15/h4-7,11,13-15H,2H2,1H3,(H,10,12)/t4-,5-,6+,7-,8-/m1/s1. The number of rotatable bonds is 2. The van der Waals surface area contributed by atoms with Gasteiger partial charge in [-0.25, -0.2) is 0 Å². The van der Waals surface area contributed by atoms with E-state index in [-0.39, 0.29) is 0 Å². The van der Waals surface area contributed by atoms with Gasteiger partial charge < -0.3 is 30.5 Å². The number of carbonyl (C=O) groups is 1. The van der Waals surface area contributed by atoms with Crippen molar-refractivity contribution >= 4 is 17.5 Å². The highest BCUT2D eigenvalue weighted by molar-refractivity contribution is 6.22. The van der Waals surface area contributed by atoms with Gasteiger partial charge in [0.05, 0.1) is 6.61 Å². The summed E-state index contributed by atoms with van der Waals surface area (Å²) in [4.78, 5) is 10.8. The lowest BCUT2D eigenvalue weighted by molar-refractivity contribution is -0.277. The predicted octanol–water partition coefficient (Wildman–Crippen LogP) is -2.51. The van der Waals surface area contributed by atoms with E-state index >= 15 is 0 Å². The second kappa shape index (κ2) is 4.82. The highest BCUT2D eigenvalue weighted by Crippen LogP contribution is 2.31. The summed E-state index contributed by atoms with van der Waals surface area (Å²) in [7, 11) is 0. The van der Waals surface area contributed by atoms with Crippen LogP contribution in [0.1, 0.15) is 6.92 Å². The van der Waals surface area contributed by atoms with E-state index in [1.165, 1.54) is 0 Å². The number of amides is 1. The molecule has 1 saturated heterocycles. The van der Waals surface area contributed by atoms with Crippen LogP contribution in [0.2, 0.25) is 0 Å². The number of halogens is 1. The van der Waals surface area contributed by atoms with Crippen LogP contribution < -0.4 is 5.32 Å². The predicted molar refractivity (Wildman–Crippen MR) is 52.4 cm³/mol. The molecule has 1 fully saturated rings. The van der Waals surface area contributed by atoms with Crippen molar-refractivity contribution in [3.63, 3.8) is 0 Å². The normalized spacial score (nSPS) is 44.1. The third kappa shape index (κ3) is 2.62. The SMILES string of the molecule is CC(=O)N[C@@H]1[C@@H](O)[C@H](O)[C@@H](CO)O[C@@]1(O)Cl. The minimum atomic E-state index is -2.38. The van der Waals surface area contributed by atoms with Crippen molar-refractivity contribution in [2.24, 2.45) is 0 Å². The Bertz CT molecular complexity index is 273. The number of nitrogens with one attached hydrogen (secondary N) is 1. The Kier molecular flexibility index (Phi) is 4.11. The van der Waals surface area contributed by atoms with E-state index in [4.69, 9.17) is 21.4 Å². The molecular formula is C8H14ClNO6. The summed E-state index contributed by atoms with van der Waals surface area (Å²) < 4.78 is 4.77. The van der Waals surface area contributed by atoms with Crippen LogP contribution in [0.15, 0.2) is 0 Å². The summed E-state index contributed by atoms with van der Waals surface area (Å²) in [5, 5.41) is 37.3. The first-order chi connectivity index (χ1) is 7.29. The Morgan fingerprint density at radius 3 is 2.50 bits per heavy atom. The van der Waals surface area contributed by atoms with Crippen molar-refractivity contribution in [2.45, 2.75) is 36.5 Å². The van der Waals surface area contributed by atoms with Crippen LogP contribution in [0, 0.1) is 0 Å². The van der Waals surface area contributed by atoms with Crippen molar-refractivity contribution < 1.29 is 30.0 Å². The molecule has 0 unspecified atom stereocenters. The average molecular weight is 256 g/mol. The number of ether oxygens (including phenoxy) is 1. The van der Waals surface area contributed by atoms with Crippen LogP contribution >= 0.6 is 11.6 Å². The molecule has 1 rings (SSSR count). The topological polar surface area (TPSA) is 119 Å². The van der Waals surface area contributed by atoms with Gasteiger partial charge in [-0.1, -0.05) is 11.6 Å². The second-order valence-electron chi connectivity index (χ2n) is 3.61. The third-order valence-corrected chi connectivity index (χ3v) is 2.64. The largest absolute Gasteiger partial charge is 0.394 e. The summed E-state index contributed by atoms with van der Waals surface area (Å²) in [5.41, 5.74) is 0. The van der Waals surface area contributed by atoms with E-state index in [2.05, 4.69) is 5.32 Å². The van der Waals surface area contributed by atoms with Crippen molar-refractivity contribution in [1.29, 1.82) is 0 Å². The number of carbonyl (C=O) groups excluding carboxylic acids is 1. The summed E-state index contributed by atoms with van der Waals surface area (Å²) in [6.07, 6.45) is -4.22. The minimum absolute atomic E-state index is 0.554. The fraction of sp³-hybridized carbons (Fsp3) is 0.875. The molecule has 0 saturated carbocycles. The van der Waals surface area contributed by atoms with Crippen LogP contribution in [0.4, 0.5) is 0 Å². The molecule has 94 valence electrons. The van der Waals surface area contributed by atoms with Gasteiger partial charge in [0.1, 0.15) is 24.4 Å². The van der Waals surface area contributed by atoms with E-state index in [1.54, 1.807) is 0 Å². The van der Waals surface area contributed by atoms with Gasteiger partial charge in [0.15, 0.2) is 0 Å². The summed E-state index contributed by atoms with van der Waals surface area (Å²) >= 11 is 5.55. The van der Waals surface area contributed by atoms with Crippen molar-refractivity contribution in [2.75, 3.05) is 6.61 Å². The quantitative estimate of drug-likeness (QED) is 0.348. The molecule has 5 atom stereocenters. The molecule has 1 aliphatic heterocycles. The zero-order chi connectivity index (χ0) is 12.5. The molecular weight excluding hydrogens is 242 g/mol. The lowest BCUT2D eigenvalue weighted by Crippen LogP contribution is -2.68. The molecule has 0 bridgehead atoms. The first-order valence-electron chi connectivity index (χ1n) is 4.62. The van der Waals surface area contributed by atoms with Gasteiger partial charge in [-0.3, -0.25) is 4.79 Å². The maximum atomic E-state index is 10.8. The van der Waals surface area contributed by atoms with Gasteiger partial charge in [-0.15, -0.1) is 0 Å². The molecule has 0 aromatic heterocycles. The molecule has 1 aliphatic rings. The van der Waals surface area contributed by atoms with Crippen LogP contribution in [0.3, 0.4) is 0 Å². The summed E-state index contributed by atoms with van der Waals surface area (Å²) in [6, 6.07) is -1.38. The van der Waals surface area contributed by atoms with E-state index in [0.29, 0.717) is 0 Å². The van der Waals surface area contributed by atoms with Gasteiger partial charge in [0.2, 0.25) is 5.91 Å². The Morgan fingerprint density at radius 1 is 1.50 bits per heavy atom. The molecule has 0 radical (unpaired) electrons. The molecule has 7 nitrogen and oxygen atoms in total. The Hall–Kier alpha value is -0.440. The molecule has 5 N–H and O–H groups in total. The highest BCUT2D eigenvalue weighted by Gasteiger charge is 2.52. The van der Waals surface area contributed by atoms with Crippen LogP contribution in [-0.2, 0) is 9.53 Å². The molecule has 8 heteroatoms. The number of aliphatic hydroxyl groups is 4. The molecule has 0 spiro atoms. The first-order valence-corrected chi connectivity index (χ1v) is 5.00. The third-order valence-electron chi connectivity index (χ3n) is 2.31. The zero-order valence-corrected chi connectivity index (χ0v) is 9.26. The number of hydrogen-bond donors (Lipinski definition) is 5. The molecule has 1 amide bonds. The van der Waals surface area contributed by atoms with Gasteiger partial charge >= 0.3 is 0 Å². The zero-order valence-electron chi connectivity index (χ0n) is 8.50. The highest BCUT2D eigenvalue weighted by atomic mass is 35.5. The average Bonchev–Trinajstić information content (AvgIpc) is 2.18. The number of alkyl halides is 1. The Balaban J connectivity index is 2.87. The smallest absolute Gasteiger partial charge is 0.270 e. The number of aliphatic hydroxyl groups excluding tert-OH is 3. The summed E-state index contributed by atoms with van der Waals surface area (Å²) in [5.74, 6) is -0.554. The van der Waals surface area contributed by atoms with Gasteiger partial charge in [0, 0.05) is 6.92 Å². The van der Waals surface area contributed by atoms with Crippen LogP contribution in [0.25, 0.3) is 0 Å². The van der Waals surface area contributed by atoms with Gasteiger partial charge in [-0.05, 0) is 0 Å². The van der Waals surface area contributed by atoms with Gasteiger partial charge in [-0.2, -0.15) is 0 Å². The molecule has 0 aliphatic carbocycles. The van der Waals surface area contributed by atoms with E-state index in [9.17, 15) is 20.1 Å². The van der Waals surface area contributed by atoms with Crippen LogP contribution in [-0.4, -0.2) is 62.5 Å². The monoisotopic (exact) mass is 255 g/mol. The van der Waals surface area contributed by atoms with E-state index < -0.39 is 42.1 Å². The fourth-order valence-corrected chi connectivity index (χ4v) is 1.82. The Labute approximate surface area is 96.6 Å². The molecule has 0 aromatic carbocycles. The summed E-state index contributed by atoms with van der Waals surface area (Å²) in [6.45, 7) is 0.532. The second-order valence-corrected chi connectivity index (χ2v) is 4.15. The maximum absolute atomic E-state index is 10.8. The van der Waals surface area contributed by atoms with E-state index in [1.807, 2.05) is 0 Å². The minimum Gasteiger partial charge on any atom is -0.394 e. The lowest BCUT2D eigenvalue weighted by atomic mass is 9.97. The lowest BCUT2D eigenvalue weighted by Gasteiger charge is -2.44. The van der Waals surface area contributed by atoms with Gasteiger partial charge in [0.25, 0.3) is 5.25 Å². The van der Waals surface area contributed by atoms with Crippen molar-refractivity contribution in [3.05, 3.63) is 0 Å². The van der Waals surface area contributed by atoms with Crippen LogP contribution in [0.5, 0.6) is 0 Å². The maximum Gasteiger partial charge on any atom is 0.270 e. The molecule has 16 heavy (non-hydrogen) atoms. The van der Waals surface area contributed by atoms with Crippen molar-refractivity contribution in [1.82, 2.24) is 5.32 Å². The fourth-order valence-electron chi connectivity index (χ4n) is 1.52. The number of hydrogen-bond acceptors (Lipinski definition) is 6. The first kappa shape index (κ1) is 13.6. The molecule has 0 aromatic rings. The van der Waals surface area contributed by atoms with Crippen molar-refractivity contribution in [3.8, 4) is 0 Å². The molecule has 1 heterocycles. The van der Waals surface area contributed by atoms with E-state index in [0.717, 1.165) is 6.92 Å². The Morgan fingerprint density at radius 2 is 2.06 bits per heavy atom.